The zero-order chi connectivity index (χ0) is 17.6. The van der Waals surface area contributed by atoms with E-state index in [9.17, 15) is 4.79 Å². The Morgan fingerprint density at radius 3 is 2.44 bits per heavy atom. The quantitative estimate of drug-likeness (QED) is 0.695. The van der Waals surface area contributed by atoms with Gasteiger partial charge in [-0.15, -0.1) is 0 Å². The predicted molar refractivity (Wildman–Crippen MR) is 102 cm³/mol. The largest absolute Gasteiger partial charge is 0.355 e. The van der Waals surface area contributed by atoms with Crippen molar-refractivity contribution in [3.05, 3.63) is 83.7 Å². The second-order valence-electron chi connectivity index (χ2n) is 5.86. The van der Waals surface area contributed by atoms with Crippen LogP contribution in [0.4, 0.5) is 17.1 Å². The molecule has 25 heavy (non-hydrogen) atoms. The fraction of sp³-hybridized carbons (Fsp3) is 0.143. The summed E-state index contributed by atoms with van der Waals surface area (Å²) in [5.74, 6) is -0.166. The minimum Gasteiger partial charge on any atom is -0.355 e. The molecular weight excluding hydrogens is 310 g/mol. The lowest BCUT2D eigenvalue weighted by atomic mass is 10.1. The molecule has 0 fully saturated rings. The molecule has 3 aromatic rings. The Hall–Kier alpha value is -3.14. The molecule has 126 valence electrons. The van der Waals surface area contributed by atoms with E-state index in [1.165, 1.54) is 11.1 Å². The Balaban J connectivity index is 1.72. The van der Waals surface area contributed by atoms with Gasteiger partial charge in [0.2, 0.25) is 0 Å². The molecule has 4 heteroatoms. The van der Waals surface area contributed by atoms with Crippen LogP contribution in [0, 0.1) is 6.92 Å². The lowest BCUT2D eigenvalue weighted by Gasteiger charge is -2.14. The highest BCUT2D eigenvalue weighted by molar-refractivity contribution is 6.04. The van der Waals surface area contributed by atoms with E-state index in [4.69, 9.17) is 0 Å². The fourth-order valence-electron chi connectivity index (χ4n) is 2.68. The van der Waals surface area contributed by atoms with Crippen molar-refractivity contribution in [3.8, 4) is 0 Å². The van der Waals surface area contributed by atoms with Crippen LogP contribution in [-0.2, 0) is 6.42 Å². The highest BCUT2D eigenvalue weighted by Gasteiger charge is 2.07. The summed E-state index contributed by atoms with van der Waals surface area (Å²) in [7, 11) is 0. The highest BCUT2D eigenvalue weighted by Crippen LogP contribution is 2.26. The standard InChI is InChI=1S/C21H21N3O/c1-3-16-7-4-6-15(2)20(16)23-18-9-11-19(12-10-18)24-21(25)17-8-5-13-22-14-17/h4-14,23H,3H2,1-2H3,(H,24,25). The predicted octanol–water partition coefficient (Wildman–Crippen LogP) is 4.95. The number of anilines is 3. The van der Waals surface area contributed by atoms with Gasteiger partial charge in [-0.2, -0.15) is 0 Å². The van der Waals surface area contributed by atoms with Crippen LogP contribution < -0.4 is 10.6 Å². The van der Waals surface area contributed by atoms with E-state index in [1.807, 2.05) is 24.3 Å². The second kappa shape index (κ2) is 7.62. The van der Waals surface area contributed by atoms with Gasteiger partial charge in [0.25, 0.3) is 5.91 Å². The molecular formula is C21H21N3O. The number of hydrogen-bond acceptors (Lipinski definition) is 3. The number of amides is 1. The minimum atomic E-state index is -0.166. The normalized spacial score (nSPS) is 10.3. The van der Waals surface area contributed by atoms with Crippen LogP contribution in [0.15, 0.2) is 67.0 Å². The van der Waals surface area contributed by atoms with Gasteiger partial charge in [-0.05, 0) is 60.9 Å². The zero-order valence-corrected chi connectivity index (χ0v) is 14.4. The highest BCUT2D eigenvalue weighted by atomic mass is 16.1. The van der Waals surface area contributed by atoms with Gasteiger partial charge in [0.1, 0.15) is 0 Å². The van der Waals surface area contributed by atoms with Crippen molar-refractivity contribution in [1.82, 2.24) is 4.98 Å². The first kappa shape index (κ1) is 16.7. The number of carbonyl (C=O) groups excluding carboxylic acids is 1. The van der Waals surface area contributed by atoms with Crippen molar-refractivity contribution in [2.24, 2.45) is 0 Å². The molecule has 0 radical (unpaired) electrons. The first-order chi connectivity index (χ1) is 12.2. The van der Waals surface area contributed by atoms with Gasteiger partial charge in [0, 0.05) is 29.5 Å². The number of aromatic nitrogens is 1. The van der Waals surface area contributed by atoms with Crippen molar-refractivity contribution < 1.29 is 4.79 Å². The molecule has 0 saturated heterocycles. The number of aryl methyl sites for hydroxylation is 2. The van der Waals surface area contributed by atoms with Gasteiger partial charge in [-0.25, -0.2) is 0 Å². The van der Waals surface area contributed by atoms with E-state index < -0.39 is 0 Å². The summed E-state index contributed by atoms with van der Waals surface area (Å²) in [6.45, 7) is 4.25. The Labute approximate surface area is 147 Å². The number of carbonyl (C=O) groups is 1. The third kappa shape index (κ3) is 4.04. The topological polar surface area (TPSA) is 54.0 Å². The van der Waals surface area contributed by atoms with E-state index in [0.717, 1.165) is 23.5 Å². The molecule has 0 aliphatic carbocycles. The molecule has 0 unspecified atom stereocenters. The van der Waals surface area contributed by atoms with Crippen LogP contribution >= 0.6 is 0 Å². The van der Waals surface area contributed by atoms with Crippen molar-refractivity contribution >= 4 is 23.0 Å². The fourth-order valence-corrected chi connectivity index (χ4v) is 2.68. The molecule has 2 N–H and O–H groups in total. The Morgan fingerprint density at radius 2 is 1.76 bits per heavy atom. The van der Waals surface area contributed by atoms with Gasteiger partial charge < -0.3 is 10.6 Å². The van der Waals surface area contributed by atoms with Gasteiger partial charge in [0.05, 0.1) is 5.56 Å². The number of hydrogen-bond donors (Lipinski definition) is 2. The summed E-state index contributed by atoms with van der Waals surface area (Å²) >= 11 is 0. The number of nitrogens with one attached hydrogen (secondary N) is 2. The molecule has 1 amide bonds. The van der Waals surface area contributed by atoms with E-state index >= 15 is 0 Å². The maximum Gasteiger partial charge on any atom is 0.257 e. The SMILES string of the molecule is CCc1cccc(C)c1Nc1ccc(NC(=O)c2cccnc2)cc1. The van der Waals surface area contributed by atoms with Gasteiger partial charge in [0.15, 0.2) is 0 Å². The van der Waals surface area contributed by atoms with E-state index in [1.54, 1.807) is 24.5 Å². The third-order valence-electron chi connectivity index (χ3n) is 4.08. The van der Waals surface area contributed by atoms with Gasteiger partial charge in [-0.1, -0.05) is 25.1 Å². The summed E-state index contributed by atoms with van der Waals surface area (Å²) in [5, 5.41) is 6.36. The Bertz CT molecular complexity index is 858. The summed E-state index contributed by atoms with van der Waals surface area (Å²) in [6.07, 6.45) is 4.17. The average Bonchev–Trinajstić information content (AvgIpc) is 2.65. The molecule has 0 atom stereocenters. The lowest BCUT2D eigenvalue weighted by molar-refractivity contribution is 0.102. The second-order valence-corrected chi connectivity index (χ2v) is 5.86. The van der Waals surface area contributed by atoms with Crippen molar-refractivity contribution in [2.45, 2.75) is 20.3 Å². The number of benzene rings is 2. The number of para-hydroxylation sites is 1. The van der Waals surface area contributed by atoms with E-state index in [-0.39, 0.29) is 5.91 Å². The van der Waals surface area contributed by atoms with Crippen LogP contribution in [0.1, 0.15) is 28.4 Å². The van der Waals surface area contributed by atoms with Crippen LogP contribution in [-0.4, -0.2) is 10.9 Å². The Kier molecular flexibility index (Phi) is 5.09. The maximum atomic E-state index is 12.2. The summed E-state index contributed by atoms with van der Waals surface area (Å²) in [6, 6.07) is 17.5. The van der Waals surface area contributed by atoms with Crippen LogP contribution in [0.3, 0.4) is 0 Å². The lowest BCUT2D eigenvalue weighted by Crippen LogP contribution is -2.11. The molecule has 0 aliphatic rings. The molecule has 0 saturated carbocycles. The zero-order valence-electron chi connectivity index (χ0n) is 14.4. The van der Waals surface area contributed by atoms with Crippen molar-refractivity contribution in [3.63, 3.8) is 0 Å². The maximum absolute atomic E-state index is 12.2. The first-order valence-corrected chi connectivity index (χ1v) is 8.34. The summed E-state index contributed by atoms with van der Waals surface area (Å²) < 4.78 is 0. The molecule has 2 aromatic carbocycles. The van der Waals surface area contributed by atoms with Crippen LogP contribution in [0.2, 0.25) is 0 Å². The first-order valence-electron chi connectivity index (χ1n) is 8.34. The molecule has 0 aliphatic heterocycles. The van der Waals surface area contributed by atoms with Gasteiger partial charge >= 0.3 is 0 Å². The number of rotatable bonds is 5. The number of nitrogens with zero attached hydrogens (tertiary/aromatic N) is 1. The Morgan fingerprint density at radius 1 is 1.00 bits per heavy atom. The molecule has 1 heterocycles. The summed E-state index contributed by atoms with van der Waals surface area (Å²) in [4.78, 5) is 16.1. The number of pyridine rings is 1. The average molecular weight is 331 g/mol. The monoisotopic (exact) mass is 331 g/mol. The molecule has 3 rings (SSSR count). The molecule has 4 nitrogen and oxygen atoms in total. The van der Waals surface area contributed by atoms with Crippen LogP contribution in [0.25, 0.3) is 0 Å². The van der Waals surface area contributed by atoms with Crippen molar-refractivity contribution in [1.29, 1.82) is 0 Å². The van der Waals surface area contributed by atoms with Gasteiger partial charge in [-0.3, -0.25) is 9.78 Å². The molecule has 0 spiro atoms. The third-order valence-corrected chi connectivity index (χ3v) is 4.08. The molecule has 0 bridgehead atoms. The van der Waals surface area contributed by atoms with E-state index in [2.05, 4.69) is 47.7 Å². The summed E-state index contributed by atoms with van der Waals surface area (Å²) in [5.41, 5.74) is 5.93. The smallest absolute Gasteiger partial charge is 0.257 e. The minimum absolute atomic E-state index is 0.166. The van der Waals surface area contributed by atoms with Crippen molar-refractivity contribution in [2.75, 3.05) is 10.6 Å². The van der Waals surface area contributed by atoms with E-state index in [0.29, 0.717) is 5.56 Å². The molecule has 1 aromatic heterocycles. The van der Waals surface area contributed by atoms with Crippen LogP contribution in [0.5, 0.6) is 0 Å².